The zero-order chi connectivity index (χ0) is 15.9. The van der Waals surface area contributed by atoms with E-state index in [2.05, 4.69) is 17.6 Å². The molecule has 1 aromatic carbocycles. The van der Waals surface area contributed by atoms with Crippen LogP contribution in [0.3, 0.4) is 0 Å². The van der Waals surface area contributed by atoms with E-state index in [0.29, 0.717) is 12.6 Å². The van der Waals surface area contributed by atoms with Crippen molar-refractivity contribution in [2.45, 2.75) is 32.4 Å². The maximum atomic E-state index is 12.1. The summed E-state index contributed by atoms with van der Waals surface area (Å²) in [6, 6.07) is 10.2. The van der Waals surface area contributed by atoms with E-state index >= 15 is 0 Å². The van der Waals surface area contributed by atoms with Gasteiger partial charge in [-0.2, -0.15) is 0 Å². The van der Waals surface area contributed by atoms with E-state index in [1.165, 1.54) is 0 Å². The van der Waals surface area contributed by atoms with Crippen LogP contribution in [0.1, 0.15) is 25.3 Å². The summed E-state index contributed by atoms with van der Waals surface area (Å²) in [5.41, 5.74) is 1.08. The quantitative estimate of drug-likeness (QED) is 0.856. The summed E-state index contributed by atoms with van der Waals surface area (Å²) in [6.07, 6.45) is 1.67. The van der Waals surface area contributed by atoms with Gasteiger partial charge in [0.05, 0.1) is 6.54 Å². The van der Waals surface area contributed by atoms with Crippen LogP contribution in [0.4, 0.5) is 0 Å². The lowest BCUT2D eigenvalue weighted by molar-refractivity contribution is -0.133. The summed E-state index contributed by atoms with van der Waals surface area (Å²) >= 11 is 0. The Bertz CT molecular complexity index is 510. The van der Waals surface area contributed by atoms with Crippen molar-refractivity contribution in [2.75, 3.05) is 20.1 Å². The van der Waals surface area contributed by atoms with Crippen LogP contribution in [0.5, 0.6) is 0 Å². The number of likely N-dealkylation sites (N-methyl/N-ethyl adjacent to an activating group) is 1. The molecule has 23 heavy (non-hydrogen) atoms. The largest absolute Gasteiger partial charge is 0.347 e. The Labute approximate surface area is 144 Å². The minimum Gasteiger partial charge on any atom is -0.347 e. The maximum absolute atomic E-state index is 12.1. The van der Waals surface area contributed by atoms with E-state index in [-0.39, 0.29) is 36.7 Å². The number of rotatable bonds is 5. The van der Waals surface area contributed by atoms with Crippen LogP contribution in [0, 0.1) is 5.92 Å². The first-order valence-electron chi connectivity index (χ1n) is 7.85. The molecule has 1 aromatic rings. The number of piperidine rings is 1. The van der Waals surface area contributed by atoms with Crippen LogP contribution in [0.2, 0.25) is 0 Å². The number of halogens is 1. The zero-order valence-corrected chi connectivity index (χ0v) is 14.6. The van der Waals surface area contributed by atoms with Crippen molar-refractivity contribution >= 4 is 24.2 Å². The maximum Gasteiger partial charge on any atom is 0.242 e. The van der Waals surface area contributed by atoms with Crippen LogP contribution >= 0.6 is 12.4 Å². The van der Waals surface area contributed by atoms with Gasteiger partial charge in [0.15, 0.2) is 0 Å². The number of amides is 2. The SMILES string of the molecule is C[C@H]1C[C@@H](C(=O)NCC(=O)N(C)Cc2ccccc2)CCN1.Cl. The molecule has 2 rings (SSSR count). The van der Waals surface area contributed by atoms with Gasteiger partial charge < -0.3 is 15.5 Å². The van der Waals surface area contributed by atoms with Gasteiger partial charge in [0.1, 0.15) is 0 Å². The Morgan fingerprint density at radius 2 is 2.00 bits per heavy atom. The molecule has 1 aliphatic heterocycles. The smallest absolute Gasteiger partial charge is 0.242 e. The topological polar surface area (TPSA) is 61.4 Å². The third-order valence-electron chi connectivity index (χ3n) is 4.10. The summed E-state index contributed by atoms with van der Waals surface area (Å²) in [7, 11) is 1.76. The molecule has 0 radical (unpaired) electrons. The normalized spacial score (nSPS) is 20.3. The summed E-state index contributed by atoms with van der Waals surface area (Å²) in [4.78, 5) is 25.9. The number of nitrogens with one attached hydrogen (secondary N) is 2. The molecular formula is C17H26ClN3O2. The third-order valence-corrected chi connectivity index (χ3v) is 4.10. The van der Waals surface area contributed by atoms with Gasteiger partial charge in [-0.15, -0.1) is 12.4 Å². The molecule has 1 heterocycles. The van der Waals surface area contributed by atoms with Gasteiger partial charge in [-0.1, -0.05) is 30.3 Å². The predicted molar refractivity (Wildman–Crippen MR) is 93.4 cm³/mol. The first kappa shape index (κ1) is 19.5. The molecule has 2 atom stereocenters. The highest BCUT2D eigenvalue weighted by molar-refractivity contribution is 5.86. The van der Waals surface area contributed by atoms with Crippen LogP contribution in [0.25, 0.3) is 0 Å². The lowest BCUT2D eigenvalue weighted by Gasteiger charge is -2.27. The lowest BCUT2D eigenvalue weighted by Crippen LogP contribution is -2.45. The van der Waals surface area contributed by atoms with Crippen LogP contribution in [0.15, 0.2) is 30.3 Å². The van der Waals surface area contributed by atoms with E-state index in [1.54, 1.807) is 11.9 Å². The molecule has 5 nitrogen and oxygen atoms in total. The van der Waals surface area contributed by atoms with Gasteiger partial charge in [0.2, 0.25) is 11.8 Å². The highest BCUT2D eigenvalue weighted by Gasteiger charge is 2.25. The standard InChI is InChI=1S/C17H25N3O2.ClH/c1-13-10-15(8-9-18-13)17(22)19-11-16(21)20(2)12-14-6-4-3-5-7-14;/h3-7,13,15,18H,8-12H2,1-2H3,(H,19,22);1H/t13-,15-;/m0./s1. The molecule has 2 N–H and O–H groups in total. The van der Waals surface area contributed by atoms with Gasteiger partial charge in [-0.3, -0.25) is 9.59 Å². The average Bonchev–Trinajstić information content (AvgIpc) is 2.53. The molecule has 0 saturated carbocycles. The minimum atomic E-state index is -0.0702. The van der Waals surface area contributed by atoms with E-state index in [1.807, 2.05) is 30.3 Å². The molecule has 0 unspecified atom stereocenters. The second-order valence-corrected chi connectivity index (χ2v) is 6.03. The first-order valence-corrected chi connectivity index (χ1v) is 7.85. The molecular weight excluding hydrogens is 314 g/mol. The van der Waals surface area contributed by atoms with E-state index in [9.17, 15) is 9.59 Å². The highest BCUT2D eigenvalue weighted by atomic mass is 35.5. The molecule has 0 bridgehead atoms. The zero-order valence-electron chi connectivity index (χ0n) is 13.7. The number of benzene rings is 1. The molecule has 1 aliphatic rings. The molecule has 1 fully saturated rings. The second kappa shape index (κ2) is 9.53. The molecule has 128 valence electrons. The predicted octanol–water partition coefficient (Wildman–Crippen LogP) is 1.57. The molecule has 0 aliphatic carbocycles. The van der Waals surface area contributed by atoms with Gasteiger partial charge in [0, 0.05) is 25.6 Å². The highest BCUT2D eigenvalue weighted by Crippen LogP contribution is 2.15. The van der Waals surface area contributed by atoms with Gasteiger partial charge in [-0.05, 0) is 31.9 Å². The summed E-state index contributed by atoms with van der Waals surface area (Å²) in [6.45, 7) is 3.57. The van der Waals surface area contributed by atoms with Crippen LogP contribution in [-0.2, 0) is 16.1 Å². The Balaban J connectivity index is 0.00000264. The van der Waals surface area contributed by atoms with Crippen molar-refractivity contribution in [3.8, 4) is 0 Å². The van der Waals surface area contributed by atoms with E-state index < -0.39 is 0 Å². The van der Waals surface area contributed by atoms with Crippen molar-refractivity contribution in [2.24, 2.45) is 5.92 Å². The molecule has 2 amide bonds. The number of hydrogen-bond donors (Lipinski definition) is 2. The van der Waals surface area contributed by atoms with E-state index in [0.717, 1.165) is 24.9 Å². The second-order valence-electron chi connectivity index (χ2n) is 6.03. The fourth-order valence-corrected chi connectivity index (χ4v) is 2.76. The van der Waals surface area contributed by atoms with Gasteiger partial charge in [-0.25, -0.2) is 0 Å². The fraction of sp³-hybridized carbons (Fsp3) is 0.529. The lowest BCUT2D eigenvalue weighted by atomic mass is 9.92. The van der Waals surface area contributed by atoms with Crippen molar-refractivity contribution in [3.05, 3.63) is 35.9 Å². The third kappa shape index (κ3) is 6.20. The number of carbonyl (C=O) groups is 2. The summed E-state index contributed by atoms with van der Waals surface area (Å²) < 4.78 is 0. The van der Waals surface area contributed by atoms with Crippen LogP contribution in [-0.4, -0.2) is 42.9 Å². The first-order chi connectivity index (χ1) is 10.6. The van der Waals surface area contributed by atoms with Crippen molar-refractivity contribution in [3.63, 3.8) is 0 Å². The Morgan fingerprint density at radius 3 is 2.65 bits per heavy atom. The van der Waals surface area contributed by atoms with Crippen LogP contribution < -0.4 is 10.6 Å². The Morgan fingerprint density at radius 1 is 1.30 bits per heavy atom. The molecule has 1 saturated heterocycles. The van der Waals surface area contributed by atoms with Crippen molar-refractivity contribution in [1.82, 2.24) is 15.5 Å². The number of carbonyl (C=O) groups excluding carboxylic acids is 2. The van der Waals surface area contributed by atoms with Crippen molar-refractivity contribution in [1.29, 1.82) is 0 Å². The van der Waals surface area contributed by atoms with Crippen molar-refractivity contribution < 1.29 is 9.59 Å². The average molecular weight is 340 g/mol. The minimum absolute atomic E-state index is 0. The number of nitrogens with zero attached hydrogens (tertiary/aromatic N) is 1. The van der Waals surface area contributed by atoms with Gasteiger partial charge in [0.25, 0.3) is 0 Å². The number of hydrogen-bond acceptors (Lipinski definition) is 3. The summed E-state index contributed by atoms with van der Waals surface area (Å²) in [5, 5.41) is 6.10. The molecule has 0 spiro atoms. The monoisotopic (exact) mass is 339 g/mol. The fourth-order valence-electron chi connectivity index (χ4n) is 2.76. The van der Waals surface area contributed by atoms with Gasteiger partial charge >= 0.3 is 0 Å². The molecule has 6 heteroatoms. The Kier molecular flexibility index (Phi) is 8.06. The Hall–Kier alpha value is -1.59. The molecule has 0 aromatic heterocycles. The summed E-state index contributed by atoms with van der Waals surface area (Å²) in [5.74, 6) is -0.0579. The van der Waals surface area contributed by atoms with E-state index in [4.69, 9.17) is 0 Å².